The smallest absolute Gasteiger partial charge is 0.417 e. The number of carbonyl (C=O) groups excluding carboxylic acids is 2. The van der Waals surface area contributed by atoms with E-state index in [1.165, 1.54) is 21.5 Å². The topological polar surface area (TPSA) is 175 Å². The number of rotatable bonds is 8. The summed E-state index contributed by atoms with van der Waals surface area (Å²) in [7, 11) is 0. The van der Waals surface area contributed by atoms with Gasteiger partial charge in [0.2, 0.25) is 11.6 Å². The molecule has 0 amide bonds. The van der Waals surface area contributed by atoms with E-state index in [0.29, 0.717) is 11.6 Å². The standard InChI is InChI=1S/C14H16N6O8/c1-9-15-11(19(23)24)7-17(9)3-5-27-13(21)14(22)28-6-4-18-8-12(20(25)26)16-10(18)2/h7-8H,3-6H2,1-2H3. The van der Waals surface area contributed by atoms with Crippen LogP contribution >= 0.6 is 0 Å². The Hall–Kier alpha value is -3.84. The molecule has 0 N–H and O–H groups in total. The second kappa shape index (κ2) is 8.70. The molecule has 0 atom stereocenters. The third kappa shape index (κ3) is 5.09. The number of ether oxygens (including phenoxy) is 2. The van der Waals surface area contributed by atoms with Gasteiger partial charge in [0.05, 0.1) is 13.1 Å². The molecule has 2 rings (SSSR count). The van der Waals surface area contributed by atoms with Crippen molar-refractivity contribution in [3.63, 3.8) is 0 Å². The van der Waals surface area contributed by atoms with Gasteiger partial charge in [-0.15, -0.1) is 0 Å². The molecular weight excluding hydrogens is 380 g/mol. The molecule has 2 aromatic rings. The molecule has 0 fully saturated rings. The number of hydrogen-bond acceptors (Lipinski definition) is 10. The van der Waals surface area contributed by atoms with E-state index in [2.05, 4.69) is 9.97 Å². The summed E-state index contributed by atoms with van der Waals surface area (Å²) in [6.45, 7) is 2.81. The van der Waals surface area contributed by atoms with E-state index in [0.717, 1.165) is 0 Å². The molecule has 0 bridgehead atoms. The van der Waals surface area contributed by atoms with Gasteiger partial charge in [0, 0.05) is 13.8 Å². The summed E-state index contributed by atoms with van der Waals surface area (Å²) in [5, 5.41) is 21.3. The van der Waals surface area contributed by atoms with Crippen molar-refractivity contribution in [2.75, 3.05) is 13.2 Å². The lowest BCUT2D eigenvalue weighted by molar-refractivity contribution is -0.389. The third-order valence-corrected chi connectivity index (χ3v) is 3.60. The zero-order valence-electron chi connectivity index (χ0n) is 14.9. The predicted octanol–water partition coefficient (Wildman–Crippen LogP) is 0.299. The summed E-state index contributed by atoms with van der Waals surface area (Å²) < 4.78 is 12.3. The molecule has 150 valence electrons. The van der Waals surface area contributed by atoms with Gasteiger partial charge < -0.3 is 38.8 Å². The van der Waals surface area contributed by atoms with Crippen molar-refractivity contribution in [3.05, 3.63) is 44.3 Å². The number of hydrogen-bond donors (Lipinski definition) is 0. The Morgan fingerprint density at radius 3 is 1.54 bits per heavy atom. The number of aryl methyl sites for hydroxylation is 2. The Morgan fingerprint density at radius 2 is 1.25 bits per heavy atom. The van der Waals surface area contributed by atoms with Crippen molar-refractivity contribution in [3.8, 4) is 0 Å². The van der Waals surface area contributed by atoms with Gasteiger partial charge in [-0.3, -0.25) is 0 Å². The summed E-state index contributed by atoms with van der Waals surface area (Å²) in [5.74, 6) is -2.40. The first kappa shape index (κ1) is 20.5. The van der Waals surface area contributed by atoms with E-state index in [1.807, 2.05) is 0 Å². The highest BCUT2D eigenvalue weighted by atomic mass is 16.6. The maximum absolute atomic E-state index is 11.6. The molecule has 14 heteroatoms. The fourth-order valence-corrected chi connectivity index (χ4v) is 2.20. The van der Waals surface area contributed by atoms with Crippen LogP contribution in [0.25, 0.3) is 0 Å². The molecule has 0 saturated carbocycles. The van der Waals surface area contributed by atoms with Crippen molar-refractivity contribution >= 4 is 23.6 Å². The lowest BCUT2D eigenvalue weighted by Crippen LogP contribution is -2.23. The summed E-state index contributed by atoms with van der Waals surface area (Å²) in [5.41, 5.74) is 0. The van der Waals surface area contributed by atoms with Gasteiger partial charge >= 0.3 is 23.6 Å². The first-order valence-electron chi connectivity index (χ1n) is 7.89. The molecule has 0 aromatic carbocycles. The number of esters is 2. The number of nitrogens with zero attached hydrogens (tertiary/aromatic N) is 6. The van der Waals surface area contributed by atoms with Crippen LogP contribution in [0.5, 0.6) is 0 Å². The normalized spacial score (nSPS) is 10.5. The maximum atomic E-state index is 11.6. The van der Waals surface area contributed by atoms with E-state index in [-0.39, 0.29) is 37.9 Å². The summed E-state index contributed by atoms with van der Waals surface area (Å²) in [6.07, 6.45) is 2.38. The van der Waals surface area contributed by atoms with E-state index in [4.69, 9.17) is 9.47 Å². The van der Waals surface area contributed by atoms with Crippen LogP contribution in [0, 0.1) is 34.1 Å². The molecule has 0 saturated heterocycles. The number of aromatic nitrogens is 4. The molecule has 14 nitrogen and oxygen atoms in total. The van der Waals surface area contributed by atoms with Crippen molar-refractivity contribution in [1.82, 2.24) is 19.1 Å². The molecule has 0 unspecified atom stereocenters. The van der Waals surface area contributed by atoms with Crippen LogP contribution in [-0.2, 0) is 32.2 Å². The van der Waals surface area contributed by atoms with Crippen LogP contribution in [-0.4, -0.2) is 54.1 Å². The second-order valence-electron chi connectivity index (χ2n) is 5.47. The quantitative estimate of drug-likeness (QED) is 0.261. The third-order valence-electron chi connectivity index (χ3n) is 3.60. The summed E-state index contributed by atoms with van der Waals surface area (Å²) in [4.78, 5) is 50.6. The molecule has 2 aromatic heterocycles. The molecule has 28 heavy (non-hydrogen) atoms. The Labute approximate surface area is 157 Å². The Morgan fingerprint density at radius 1 is 0.893 bits per heavy atom. The molecule has 0 aliphatic carbocycles. The van der Waals surface area contributed by atoms with E-state index < -0.39 is 21.8 Å². The van der Waals surface area contributed by atoms with Gasteiger partial charge in [0.1, 0.15) is 25.6 Å². The fourth-order valence-electron chi connectivity index (χ4n) is 2.20. The van der Waals surface area contributed by atoms with Crippen LogP contribution in [0.1, 0.15) is 11.6 Å². The minimum atomic E-state index is -1.22. The van der Waals surface area contributed by atoms with E-state index in [1.54, 1.807) is 13.8 Å². The van der Waals surface area contributed by atoms with Crippen LogP contribution < -0.4 is 0 Å². The van der Waals surface area contributed by atoms with Crippen LogP contribution in [0.3, 0.4) is 0 Å². The first-order valence-corrected chi connectivity index (χ1v) is 7.89. The molecule has 0 aliphatic heterocycles. The van der Waals surface area contributed by atoms with Crippen molar-refractivity contribution in [2.24, 2.45) is 0 Å². The molecule has 0 aliphatic rings. The molecular formula is C14H16N6O8. The lowest BCUT2D eigenvalue weighted by atomic mass is 10.5. The van der Waals surface area contributed by atoms with Crippen molar-refractivity contribution < 1.29 is 28.9 Å². The lowest BCUT2D eigenvalue weighted by Gasteiger charge is -2.06. The zero-order valence-corrected chi connectivity index (χ0v) is 14.9. The van der Waals surface area contributed by atoms with Crippen molar-refractivity contribution in [1.29, 1.82) is 0 Å². The van der Waals surface area contributed by atoms with Gasteiger partial charge in [-0.2, -0.15) is 0 Å². The van der Waals surface area contributed by atoms with Gasteiger partial charge in [0.15, 0.2) is 0 Å². The SMILES string of the molecule is Cc1nc([N+](=O)[O-])cn1CCOC(=O)C(=O)OCCn1cc([N+](=O)[O-])nc1C. The minimum absolute atomic E-state index is 0.0730. The molecule has 0 spiro atoms. The highest BCUT2D eigenvalue weighted by Crippen LogP contribution is 2.11. The maximum Gasteiger partial charge on any atom is 0.417 e. The van der Waals surface area contributed by atoms with E-state index >= 15 is 0 Å². The average molecular weight is 396 g/mol. The molecule has 0 radical (unpaired) electrons. The minimum Gasteiger partial charge on any atom is -0.455 e. The largest absolute Gasteiger partial charge is 0.455 e. The molecule has 2 heterocycles. The number of carbonyl (C=O) groups is 2. The predicted molar refractivity (Wildman–Crippen MR) is 89.2 cm³/mol. The summed E-state index contributed by atoms with van der Waals surface area (Å²) >= 11 is 0. The Kier molecular flexibility index (Phi) is 6.36. The number of nitro groups is 2. The van der Waals surface area contributed by atoms with Gasteiger partial charge in [-0.25, -0.2) is 9.59 Å². The first-order chi connectivity index (χ1) is 13.2. The zero-order chi connectivity index (χ0) is 20.8. The van der Waals surface area contributed by atoms with E-state index in [9.17, 15) is 29.8 Å². The van der Waals surface area contributed by atoms with Crippen LogP contribution in [0.4, 0.5) is 11.6 Å². The highest BCUT2D eigenvalue weighted by molar-refractivity contribution is 6.29. The van der Waals surface area contributed by atoms with Crippen LogP contribution in [0.2, 0.25) is 0 Å². The van der Waals surface area contributed by atoms with Crippen molar-refractivity contribution in [2.45, 2.75) is 26.9 Å². The average Bonchev–Trinajstić information content (AvgIpc) is 3.18. The summed E-state index contributed by atoms with van der Waals surface area (Å²) in [6, 6.07) is 0. The Balaban J connectivity index is 1.75. The second-order valence-corrected chi connectivity index (χ2v) is 5.47. The van der Waals surface area contributed by atoms with Gasteiger partial charge in [0.25, 0.3) is 0 Å². The highest BCUT2D eigenvalue weighted by Gasteiger charge is 2.20. The monoisotopic (exact) mass is 396 g/mol. The van der Waals surface area contributed by atoms with Crippen LogP contribution in [0.15, 0.2) is 12.4 Å². The Bertz CT molecular complexity index is 843. The fraction of sp³-hybridized carbons (Fsp3) is 0.429. The van der Waals surface area contributed by atoms with Gasteiger partial charge in [-0.05, 0) is 19.8 Å². The number of imidazole rings is 2. The van der Waals surface area contributed by atoms with Gasteiger partial charge in [-0.1, -0.05) is 0 Å².